The van der Waals surface area contributed by atoms with Crippen molar-refractivity contribution in [2.75, 3.05) is 0 Å². The molecule has 0 nitrogen and oxygen atoms in total. The van der Waals surface area contributed by atoms with Gasteiger partial charge >= 0.3 is 0 Å². The SMILES string of the molecule is CC.Cc1ccc2c(c1)CCc1cc(C)ccc1-2. The molecule has 1 aliphatic rings. The van der Waals surface area contributed by atoms with E-state index in [4.69, 9.17) is 0 Å². The van der Waals surface area contributed by atoms with E-state index in [-0.39, 0.29) is 0 Å². The molecule has 0 unspecified atom stereocenters. The zero-order valence-corrected chi connectivity index (χ0v) is 11.9. The molecule has 94 valence electrons. The van der Waals surface area contributed by atoms with Crippen LogP contribution in [0.1, 0.15) is 36.1 Å². The number of aryl methyl sites for hydroxylation is 4. The molecule has 2 aromatic rings. The second kappa shape index (κ2) is 5.39. The molecule has 2 aromatic carbocycles. The summed E-state index contributed by atoms with van der Waals surface area (Å²) in [7, 11) is 0. The van der Waals surface area contributed by atoms with Gasteiger partial charge < -0.3 is 0 Å². The first-order valence-corrected chi connectivity index (χ1v) is 6.93. The monoisotopic (exact) mass is 238 g/mol. The zero-order chi connectivity index (χ0) is 13.1. The van der Waals surface area contributed by atoms with E-state index >= 15 is 0 Å². The van der Waals surface area contributed by atoms with E-state index in [1.807, 2.05) is 13.8 Å². The molecule has 0 atom stereocenters. The number of benzene rings is 2. The van der Waals surface area contributed by atoms with Crippen LogP contribution in [0, 0.1) is 13.8 Å². The third-order valence-electron chi connectivity index (χ3n) is 3.48. The highest BCUT2D eigenvalue weighted by Crippen LogP contribution is 2.34. The molecule has 0 heteroatoms. The normalized spacial score (nSPS) is 12.0. The molecular formula is C18H22. The maximum atomic E-state index is 2.33. The molecule has 0 saturated heterocycles. The van der Waals surface area contributed by atoms with Gasteiger partial charge in [-0.2, -0.15) is 0 Å². The predicted molar refractivity (Wildman–Crippen MR) is 80.1 cm³/mol. The maximum absolute atomic E-state index is 2.33. The summed E-state index contributed by atoms with van der Waals surface area (Å²) < 4.78 is 0. The largest absolute Gasteiger partial charge is 0.0683 e. The summed E-state index contributed by atoms with van der Waals surface area (Å²) in [5.41, 5.74) is 8.63. The molecule has 0 heterocycles. The van der Waals surface area contributed by atoms with Crippen LogP contribution in [-0.4, -0.2) is 0 Å². The number of rotatable bonds is 0. The molecule has 0 radical (unpaired) electrons. The van der Waals surface area contributed by atoms with Gasteiger partial charge in [-0.15, -0.1) is 0 Å². The average molecular weight is 238 g/mol. The molecule has 0 aliphatic heterocycles. The molecule has 0 amide bonds. The molecule has 0 saturated carbocycles. The van der Waals surface area contributed by atoms with Crippen LogP contribution < -0.4 is 0 Å². The molecule has 0 bridgehead atoms. The molecule has 18 heavy (non-hydrogen) atoms. The number of fused-ring (bicyclic) bond motifs is 3. The van der Waals surface area contributed by atoms with Crippen LogP contribution in [0.25, 0.3) is 11.1 Å². The molecule has 1 aliphatic carbocycles. The van der Waals surface area contributed by atoms with E-state index in [2.05, 4.69) is 50.2 Å². The molecule has 0 fully saturated rings. The van der Waals surface area contributed by atoms with E-state index in [1.165, 1.54) is 46.2 Å². The van der Waals surface area contributed by atoms with Gasteiger partial charge in [-0.25, -0.2) is 0 Å². The van der Waals surface area contributed by atoms with E-state index in [0.29, 0.717) is 0 Å². The number of hydrogen-bond donors (Lipinski definition) is 0. The van der Waals surface area contributed by atoms with E-state index < -0.39 is 0 Å². The molecule has 0 aromatic heterocycles. The van der Waals surface area contributed by atoms with Crippen LogP contribution in [-0.2, 0) is 12.8 Å². The summed E-state index contributed by atoms with van der Waals surface area (Å²) in [6, 6.07) is 13.6. The standard InChI is InChI=1S/C16H16.C2H6/c1-11-3-7-15-13(9-11)5-6-14-10-12(2)4-8-16(14)15;1-2/h3-4,7-10H,5-6H2,1-2H3;1-2H3. The van der Waals surface area contributed by atoms with E-state index in [1.54, 1.807) is 0 Å². The Morgan fingerprint density at radius 2 is 1.06 bits per heavy atom. The van der Waals surface area contributed by atoms with Gasteiger partial charge in [0.1, 0.15) is 0 Å². The fourth-order valence-corrected chi connectivity index (χ4v) is 2.65. The first-order valence-electron chi connectivity index (χ1n) is 6.93. The zero-order valence-electron chi connectivity index (χ0n) is 11.9. The van der Waals surface area contributed by atoms with Crippen molar-refractivity contribution in [1.29, 1.82) is 0 Å². The van der Waals surface area contributed by atoms with Crippen molar-refractivity contribution in [3.8, 4) is 11.1 Å². The van der Waals surface area contributed by atoms with Gasteiger partial charge in [0.05, 0.1) is 0 Å². The summed E-state index contributed by atoms with van der Waals surface area (Å²) in [5, 5.41) is 0. The van der Waals surface area contributed by atoms with Crippen LogP contribution in [0.5, 0.6) is 0 Å². The second-order valence-electron chi connectivity index (χ2n) is 4.82. The van der Waals surface area contributed by atoms with Crippen molar-refractivity contribution >= 4 is 0 Å². The van der Waals surface area contributed by atoms with Crippen molar-refractivity contribution < 1.29 is 0 Å². The Labute approximate surface area is 111 Å². The maximum Gasteiger partial charge on any atom is -0.0149 e. The minimum absolute atomic E-state index is 1.19. The smallest absolute Gasteiger partial charge is 0.0149 e. The van der Waals surface area contributed by atoms with E-state index in [0.717, 1.165) is 0 Å². The minimum atomic E-state index is 1.19. The average Bonchev–Trinajstić information content (AvgIpc) is 2.40. The van der Waals surface area contributed by atoms with Gasteiger partial charge in [-0.1, -0.05) is 61.4 Å². The van der Waals surface area contributed by atoms with Crippen LogP contribution in [0.2, 0.25) is 0 Å². The molecular weight excluding hydrogens is 216 g/mol. The van der Waals surface area contributed by atoms with Crippen molar-refractivity contribution in [1.82, 2.24) is 0 Å². The van der Waals surface area contributed by atoms with Crippen LogP contribution in [0.15, 0.2) is 36.4 Å². The Bertz CT molecular complexity index is 498. The summed E-state index contributed by atoms with van der Waals surface area (Å²) >= 11 is 0. The second-order valence-corrected chi connectivity index (χ2v) is 4.82. The van der Waals surface area contributed by atoms with Gasteiger partial charge in [0.25, 0.3) is 0 Å². The summed E-state index contributed by atoms with van der Waals surface area (Å²) in [6.07, 6.45) is 2.38. The van der Waals surface area contributed by atoms with Gasteiger partial charge in [0, 0.05) is 0 Å². The Kier molecular flexibility index (Phi) is 3.86. The minimum Gasteiger partial charge on any atom is -0.0683 e. The van der Waals surface area contributed by atoms with Crippen LogP contribution in [0.4, 0.5) is 0 Å². The highest BCUT2D eigenvalue weighted by molar-refractivity contribution is 5.73. The Morgan fingerprint density at radius 1 is 0.667 bits per heavy atom. The van der Waals surface area contributed by atoms with Crippen molar-refractivity contribution in [3.63, 3.8) is 0 Å². The van der Waals surface area contributed by atoms with Crippen molar-refractivity contribution in [3.05, 3.63) is 58.7 Å². The lowest BCUT2D eigenvalue weighted by atomic mass is 9.84. The molecule has 0 N–H and O–H groups in total. The predicted octanol–water partition coefficient (Wildman–Crippen LogP) is 5.10. The van der Waals surface area contributed by atoms with Gasteiger partial charge in [0.2, 0.25) is 0 Å². The summed E-state index contributed by atoms with van der Waals surface area (Å²) in [5.74, 6) is 0. The lowest BCUT2D eigenvalue weighted by Crippen LogP contribution is -2.04. The Morgan fingerprint density at radius 3 is 1.44 bits per heavy atom. The molecule has 0 spiro atoms. The van der Waals surface area contributed by atoms with Crippen molar-refractivity contribution in [2.24, 2.45) is 0 Å². The number of hydrogen-bond acceptors (Lipinski definition) is 0. The van der Waals surface area contributed by atoms with Gasteiger partial charge in [-0.3, -0.25) is 0 Å². The highest BCUT2D eigenvalue weighted by Gasteiger charge is 2.15. The van der Waals surface area contributed by atoms with Crippen LogP contribution >= 0.6 is 0 Å². The third kappa shape index (κ3) is 2.33. The highest BCUT2D eigenvalue weighted by atomic mass is 14.2. The third-order valence-corrected chi connectivity index (χ3v) is 3.48. The van der Waals surface area contributed by atoms with Crippen LogP contribution in [0.3, 0.4) is 0 Å². The fourth-order valence-electron chi connectivity index (χ4n) is 2.65. The quantitative estimate of drug-likeness (QED) is 0.599. The first-order chi connectivity index (χ1) is 8.74. The Balaban J connectivity index is 0.000000574. The lowest BCUT2D eigenvalue weighted by Gasteiger charge is -2.20. The Hall–Kier alpha value is -1.56. The van der Waals surface area contributed by atoms with Crippen molar-refractivity contribution in [2.45, 2.75) is 40.5 Å². The van der Waals surface area contributed by atoms with E-state index in [9.17, 15) is 0 Å². The van der Waals surface area contributed by atoms with Gasteiger partial charge in [-0.05, 0) is 48.9 Å². The van der Waals surface area contributed by atoms with Gasteiger partial charge in [0.15, 0.2) is 0 Å². The fraction of sp³-hybridized carbons (Fsp3) is 0.333. The summed E-state index contributed by atoms with van der Waals surface area (Å²) in [4.78, 5) is 0. The lowest BCUT2D eigenvalue weighted by molar-refractivity contribution is 0.937. The first kappa shape index (κ1) is 12.9. The molecule has 3 rings (SSSR count). The summed E-state index contributed by atoms with van der Waals surface area (Å²) in [6.45, 7) is 8.34. The topological polar surface area (TPSA) is 0 Å².